The number of halogens is 1. The van der Waals surface area contributed by atoms with Crippen molar-refractivity contribution in [3.05, 3.63) is 91.0 Å². The summed E-state index contributed by atoms with van der Waals surface area (Å²) in [6.45, 7) is 3.62. The van der Waals surface area contributed by atoms with Gasteiger partial charge in [-0.15, -0.1) is 0 Å². The summed E-state index contributed by atoms with van der Waals surface area (Å²) in [5, 5.41) is 10.4. The summed E-state index contributed by atoms with van der Waals surface area (Å²) in [6, 6.07) is 31.9. The van der Waals surface area contributed by atoms with Gasteiger partial charge in [-0.2, -0.15) is 0 Å². The van der Waals surface area contributed by atoms with Gasteiger partial charge in [-0.05, 0) is 0 Å². The van der Waals surface area contributed by atoms with Crippen molar-refractivity contribution in [3.8, 4) is 0 Å². The van der Waals surface area contributed by atoms with Gasteiger partial charge in [-0.1, -0.05) is 0 Å². The molecular formula is C25H28BrO2P. The third kappa shape index (κ3) is 4.04. The molecule has 0 saturated heterocycles. The minimum absolute atomic E-state index is 0.623. The van der Waals surface area contributed by atoms with Crippen LogP contribution in [0.3, 0.4) is 0 Å². The molecule has 152 valence electrons. The average molecular weight is 471 g/mol. The first kappa shape index (κ1) is 21.7. The molecule has 4 heteroatoms. The number of aliphatic carboxylic acids is 1. The molecule has 0 atom stereocenters. The molecule has 3 rings (SSSR count). The molecule has 0 fully saturated rings. The molecule has 0 saturated carbocycles. The molecule has 3 aromatic carbocycles. The fourth-order valence-electron chi connectivity index (χ4n) is 3.98. The van der Waals surface area contributed by atoms with E-state index >= 15 is 0 Å². The molecule has 29 heavy (non-hydrogen) atoms. The van der Waals surface area contributed by atoms with Crippen LogP contribution in [-0.2, 0) is 4.79 Å². The summed E-state index contributed by atoms with van der Waals surface area (Å²) >= 11 is 4.41. The summed E-state index contributed by atoms with van der Waals surface area (Å²) in [7, 11) is 0. The van der Waals surface area contributed by atoms with Crippen molar-refractivity contribution in [1.29, 1.82) is 0 Å². The molecule has 0 aliphatic rings. The van der Waals surface area contributed by atoms with Gasteiger partial charge in [-0.25, -0.2) is 0 Å². The predicted octanol–water partition coefficient (Wildman–Crippen LogP) is 5.72. The Kier molecular flexibility index (Phi) is 6.31. The van der Waals surface area contributed by atoms with Crippen LogP contribution in [0.15, 0.2) is 91.0 Å². The number of carbonyl (C=O) groups is 1. The summed E-state index contributed by atoms with van der Waals surface area (Å²) in [6.07, 6.45) is 2.29. The Morgan fingerprint density at radius 2 is 1.14 bits per heavy atom. The van der Waals surface area contributed by atoms with Crippen LogP contribution in [0.5, 0.6) is 0 Å². The zero-order chi connectivity index (χ0) is 21.0. The van der Waals surface area contributed by atoms with Crippen molar-refractivity contribution in [2.75, 3.05) is 6.16 Å². The van der Waals surface area contributed by atoms with Crippen LogP contribution in [0.25, 0.3) is 0 Å². The first-order valence-corrected chi connectivity index (χ1v) is 14.4. The van der Waals surface area contributed by atoms with E-state index in [-0.39, 0.29) is 0 Å². The number of rotatable bonds is 8. The van der Waals surface area contributed by atoms with Crippen molar-refractivity contribution in [1.82, 2.24) is 0 Å². The third-order valence-electron chi connectivity index (χ3n) is 5.84. The number of benzene rings is 3. The fraction of sp³-hybridized carbons (Fsp3) is 0.240. The van der Waals surface area contributed by atoms with E-state index in [1.807, 2.05) is 32.0 Å². The second-order valence-electron chi connectivity index (χ2n) is 8.21. The Balaban J connectivity index is 2.20. The van der Waals surface area contributed by atoms with Gasteiger partial charge in [0.2, 0.25) is 0 Å². The first-order valence-electron chi connectivity index (χ1n) is 9.92. The molecule has 0 aliphatic heterocycles. The van der Waals surface area contributed by atoms with Crippen LogP contribution in [0, 0.1) is 5.41 Å². The van der Waals surface area contributed by atoms with Gasteiger partial charge in [0.05, 0.1) is 0 Å². The standard InChI is InChI=1S/C25H28BrO2P/c1-25(2,24(27)28)19-12-20-29(26,21-13-6-3-7-14-21,22-15-8-4-9-16-22)23-17-10-5-11-18-23/h3-11,13-18H,12,19-20H2,1-2H3,(H,27,28). The molecule has 0 aromatic heterocycles. The Morgan fingerprint density at radius 3 is 1.45 bits per heavy atom. The summed E-state index contributed by atoms with van der Waals surface area (Å²) in [5.41, 5.74) is -0.744. The van der Waals surface area contributed by atoms with E-state index in [2.05, 4.69) is 88.3 Å². The quantitative estimate of drug-likeness (QED) is 0.427. The number of hydrogen-bond donors (Lipinski definition) is 1. The number of carboxylic acid groups (broad SMARTS) is 1. The summed E-state index contributed by atoms with van der Waals surface area (Å²) in [5.74, 6) is -0.744. The first-order chi connectivity index (χ1) is 13.8. The van der Waals surface area contributed by atoms with Crippen molar-refractivity contribution in [3.63, 3.8) is 0 Å². The van der Waals surface area contributed by atoms with Crippen molar-refractivity contribution < 1.29 is 9.90 Å². The van der Waals surface area contributed by atoms with Gasteiger partial charge in [0.25, 0.3) is 0 Å². The molecule has 1 N–H and O–H groups in total. The third-order valence-corrected chi connectivity index (χ3v) is 15.9. The topological polar surface area (TPSA) is 37.3 Å². The van der Waals surface area contributed by atoms with Crippen LogP contribution in [-0.4, -0.2) is 17.2 Å². The summed E-state index contributed by atoms with van der Waals surface area (Å²) < 4.78 is 0. The zero-order valence-electron chi connectivity index (χ0n) is 17.0. The number of carboxylic acids is 1. The molecular weight excluding hydrogens is 443 g/mol. The second-order valence-corrected chi connectivity index (χ2v) is 17.3. The Bertz CT molecular complexity index is 856. The van der Waals surface area contributed by atoms with E-state index in [1.165, 1.54) is 15.9 Å². The molecule has 0 unspecified atom stereocenters. The van der Waals surface area contributed by atoms with Crippen LogP contribution in [0.2, 0.25) is 0 Å². The molecule has 0 radical (unpaired) electrons. The molecule has 0 bridgehead atoms. The fourth-order valence-corrected chi connectivity index (χ4v) is 11.7. The molecule has 3 aromatic rings. The average Bonchev–Trinajstić information content (AvgIpc) is 2.75. The maximum absolute atomic E-state index is 11.7. The second kappa shape index (κ2) is 8.42. The van der Waals surface area contributed by atoms with Gasteiger partial charge in [0.1, 0.15) is 0 Å². The van der Waals surface area contributed by atoms with E-state index < -0.39 is 16.7 Å². The Hall–Kier alpha value is -1.96. The van der Waals surface area contributed by atoms with Gasteiger partial charge in [0, 0.05) is 0 Å². The van der Waals surface area contributed by atoms with Gasteiger partial charge < -0.3 is 0 Å². The van der Waals surface area contributed by atoms with Crippen LogP contribution in [0.4, 0.5) is 0 Å². The van der Waals surface area contributed by atoms with Gasteiger partial charge >= 0.3 is 182 Å². The molecule has 0 spiro atoms. The Labute approximate surface area is 181 Å². The van der Waals surface area contributed by atoms with E-state index in [9.17, 15) is 9.90 Å². The molecule has 2 nitrogen and oxygen atoms in total. The van der Waals surface area contributed by atoms with Gasteiger partial charge in [0.15, 0.2) is 0 Å². The minimum atomic E-state index is -2.95. The van der Waals surface area contributed by atoms with Crippen molar-refractivity contribution in [2.24, 2.45) is 5.41 Å². The van der Waals surface area contributed by atoms with Crippen molar-refractivity contribution >= 4 is 42.7 Å². The Morgan fingerprint density at radius 1 is 0.793 bits per heavy atom. The predicted molar refractivity (Wildman–Crippen MR) is 130 cm³/mol. The zero-order valence-corrected chi connectivity index (χ0v) is 19.4. The van der Waals surface area contributed by atoms with Crippen LogP contribution < -0.4 is 15.9 Å². The summed E-state index contributed by atoms with van der Waals surface area (Å²) in [4.78, 5) is 11.7. The molecule has 0 heterocycles. The van der Waals surface area contributed by atoms with E-state index in [4.69, 9.17) is 0 Å². The van der Waals surface area contributed by atoms with E-state index in [0.717, 1.165) is 12.6 Å². The normalized spacial score (nSPS) is 13.4. The van der Waals surface area contributed by atoms with Crippen LogP contribution in [0.1, 0.15) is 26.7 Å². The van der Waals surface area contributed by atoms with E-state index in [1.54, 1.807) is 0 Å². The van der Waals surface area contributed by atoms with Crippen LogP contribution >= 0.6 is 20.8 Å². The molecule has 0 amide bonds. The monoisotopic (exact) mass is 470 g/mol. The van der Waals surface area contributed by atoms with Gasteiger partial charge in [-0.3, -0.25) is 0 Å². The van der Waals surface area contributed by atoms with Crippen molar-refractivity contribution in [2.45, 2.75) is 26.7 Å². The number of hydrogen-bond acceptors (Lipinski definition) is 1. The maximum atomic E-state index is 11.7. The molecule has 0 aliphatic carbocycles. The van der Waals surface area contributed by atoms with E-state index in [0.29, 0.717) is 6.42 Å². The SMILES string of the molecule is CC(C)(CCCP(Br)(c1ccccc1)(c1ccccc1)c1ccccc1)C(=O)O.